The van der Waals surface area contributed by atoms with E-state index in [4.69, 9.17) is 4.42 Å². The largest absolute Gasteiger partial charge is 0.438 e. The summed E-state index contributed by atoms with van der Waals surface area (Å²) in [5, 5.41) is 0. The molecule has 0 aliphatic carbocycles. The quantitative estimate of drug-likeness (QED) is 0.701. The van der Waals surface area contributed by atoms with Crippen molar-refractivity contribution in [1.82, 2.24) is 9.88 Å². The van der Waals surface area contributed by atoms with Gasteiger partial charge in [-0.25, -0.2) is 4.98 Å². The van der Waals surface area contributed by atoms with E-state index < -0.39 is 0 Å². The maximum atomic E-state index is 10.4. The average molecular weight is 208 g/mol. The molecule has 0 radical (unpaired) electrons. The van der Waals surface area contributed by atoms with Gasteiger partial charge in [-0.3, -0.25) is 4.79 Å². The van der Waals surface area contributed by atoms with Crippen LogP contribution >= 0.6 is 0 Å². The van der Waals surface area contributed by atoms with Gasteiger partial charge in [0.1, 0.15) is 0 Å². The fourth-order valence-corrected chi connectivity index (χ4v) is 2.09. The molecule has 1 aliphatic heterocycles. The predicted octanol–water partition coefficient (Wildman–Crippen LogP) is 1.37. The zero-order valence-electron chi connectivity index (χ0n) is 8.98. The lowest BCUT2D eigenvalue weighted by molar-refractivity contribution is 0.109. The van der Waals surface area contributed by atoms with Crippen molar-refractivity contribution in [2.24, 2.45) is 5.92 Å². The lowest BCUT2D eigenvalue weighted by Gasteiger charge is -2.11. The molecule has 1 saturated heterocycles. The number of oxazole rings is 1. The zero-order chi connectivity index (χ0) is 10.7. The van der Waals surface area contributed by atoms with Gasteiger partial charge in [0.05, 0.1) is 6.20 Å². The third kappa shape index (κ3) is 2.45. The molecule has 2 heterocycles. The van der Waals surface area contributed by atoms with Gasteiger partial charge in [0.2, 0.25) is 0 Å². The summed E-state index contributed by atoms with van der Waals surface area (Å²) in [5.74, 6) is 1.65. The van der Waals surface area contributed by atoms with Gasteiger partial charge in [0.25, 0.3) is 0 Å². The normalized spacial score (nSPS) is 22.1. The molecule has 0 bridgehead atoms. The topological polar surface area (TPSA) is 46.3 Å². The lowest BCUT2D eigenvalue weighted by atomic mass is 10.1. The molecule has 15 heavy (non-hydrogen) atoms. The molecule has 0 N–H and O–H groups in total. The van der Waals surface area contributed by atoms with E-state index in [0.29, 0.717) is 23.9 Å². The minimum absolute atomic E-state index is 0.329. The summed E-state index contributed by atoms with van der Waals surface area (Å²) in [6, 6.07) is 0. The van der Waals surface area contributed by atoms with Gasteiger partial charge in [-0.2, -0.15) is 0 Å². The summed E-state index contributed by atoms with van der Waals surface area (Å²) in [6.45, 7) is 5.58. The Bertz CT molecular complexity index is 335. The van der Waals surface area contributed by atoms with Crippen molar-refractivity contribution in [3.8, 4) is 0 Å². The Balaban J connectivity index is 1.89. The Morgan fingerprint density at radius 1 is 1.73 bits per heavy atom. The second-order valence-electron chi connectivity index (χ2n) is 4.03. The number of aldehydes is 1. The van der Waals surface area contributed by atoms with Crippen molar-refractivity contribution in [3.05, 3.63) is 17.8 Å². The van der Waals surface area contributed by atoms with Crippen molar-refractivity contribution >= 4 is 6.29 Å². The first-order chi connectivity index (χ1) is 7.31. The van der Waals surface area contributed by atoms with Gasteiger partial charge in [-0.15, -0.1) is 0 Å². The van der Waals surface area contributed by atoms with Crippen LogP contribution in [0.25, 0.3) is 0 Å². The van der Waals surface area contributed by atoms with Crippen molar-refractivity contribution in [1.29, 1.82) is 0 Å². The maximum Gasteiger partial charge on any atom is 0.195 e. The number of aromatic nitrogens is 1. The van der Waals surface area contributed by atoms with Crippen LogP contribution in [0.2, 0.25) is 0 Å². The monoisotopic (exact) mass is 208 g/mol. The minimum atomic E-state index is 0.329. The Morgan fingerprint density at radius 2 is 2.60 bits per heavy atom. The van der Waals surface area contributed by atoms with E-state index in [9.17, 15) is 4.79 Å². The summed E-state index contributed by atoms with van der Waals surface area (Å²) in [7, 11) is 0. The van der Waals surface area contributed by atoms with Crippen molar-refractivity contribution in [2.45, 2.75) is 19.8 Å². The molecular formula is C11H16N2O2. The summed E-state index contributed by atoms with van der Waals surface area (Å²) in [4.78, 5) is 16.9. The fraction of sp³-hybridized carbons (Fsp3) is 0.636. The standard InChI is InChI=1S/C11H16N2O2/c1-2-13-4-3-9(7-13)5-11-12-6-10(8-14)15-11/h6,8-9H,2-5,7H2,1H3. The molecule has 0 spiro atoms. The number of carbonyl (C=O) groups excluding carboxylic acids is 1. The highest BCUT2D eigenvalue weighted by Crippen LogP contribution is 2.20. The van der Waals surface area contributed by atoms with Crippen LogP contribution in [0, 0.1) is 5.92 Å². The Labute approximate surface area is 89.3 Å². The van der Waals surface area contributed by atoms with Gasteiger partial charge >= 0.3 is 0 Å². The van der Waals surface area contributed by atoms with Gasteiger partial charge in [0.15, 0.2) is 17.9 Å². The van der Waals surface area contributed by atoms with Gasteiger partial charge < -0.3 is 9.32 Å². The first-order valence-corrected chi connectivity index (χ1v) is 5.44. The lowest BCUT2D eigenvalue weighted by Crippen LogP contribution is -2.20. The average Bonchev–Trinajstić information content (AvgIpc) is 2.87. The van der Waals surface area contributed by atoms with Crippen LogP contribution < -0.4 is 0 Å². The minimum Gasteiger partial charge on any atom is -0.438 e. The third-order valence-electron chi connectivity index (χ3n) is 2.97. The highest BCUT2D eigenvalue weighted by molar-refractivity contribution is 5.69. The number of likely N-dealkylation sites (tertiary alicyclic amines) is 1. The molecule has 0 aromatic carbocycles. The molecule has 0 amide bonds. The number of rotatable bonds is 4. The first-order valence-electron chi connectivity index (χ1n) is 5.44. The number of hydrogen-bond acceptors (Lipinski definition) is 4. The van der Waals surface area contributed by atoms with E-state index in [1.54, 1.807) is 0 Å². The summed E-state index contributed by atoms with van der Waals surface area (Å²) in [5.41, 5.74) is 0. The SMILES string of the molecule is CCN1CCC(Cc2ncc(C=O)o2)C1. The van der Waals surface area contributed by atoms with Crippen molar-refractivity contribution in [3.63, 3.8) is 0 Å². The second kappa shape index (κ2) is 4.57. The van der Waals surface area contributed by atoms with Crippen LogP contribution in [0.1, 0.15) is 29.8 Å². The molecule has 1 unspecified atom stereocenters. The molecule has 82 valence electrons. The van der Waals surface area contributed by atoms with E-state index in [1.165, 1.54) is 19.2 Å². The van der Waals surface area contributed by atoms with Crippen molar-refractivity contribution < 1.29 is 9.21 Å². The highest BCUT2D eigenvalue weighted by atomic mass is 16.4. The van der Waals surface area contributed by atoms with Crippen LogP contribution in [0.3, 0.4) is 0 Å². The molecule has 4 nitrogen and oxygen atoms in total. The summed E-state index contributed by atoms with van der Waals surface area (Å²) < 4.78 is 5.27. The number of nitrogens with zero attached hydrogens (tertiary/aromatic N) is 2. The Morgan fingerprint density at radius 3 is 3.20 bits per heavy atom. The van der Waals surface area contributed by atoms with E-state index >= 15 is 0 Å². The van der Waals surface area contributed by atoms with Gasteiger partial charge in [-0.05, 0) is 25.4 Å². The van der Waals surface area contributed by atoms with Gasteiger partial charge in [-0.1, -0.05) is 6.92 Å². The molecule has 4 heteroatoms. The molecular weight excluding hydrogens is 192 g/mol. The van der Waals surface area contributed by atoms with E-state index in [1.807, 2.05) is 0 Å². The third-order valence-corrected chi connectivity index (χ3v) is 2.97. The molecule has 1 atom stereocenters. The summed E-state index contributed by atoms with van der Waals surface area (Å²) in [6.07, 6.45) is 4.25. The molecule has 2 rings (SSSR count). The van der Waals surface area contributed by atoms with Gasteiger partial charge in [0, 0.05) is 13.0 Å². The molecule has 1 aromatic rings. The van der Waals surface area contributed by atoms with Crippen LogP contribution in [-0.4, -0.2) is 35.8 Å². The van der Waals surface area contributed by atoms with E-state index in [2.05, 4.69) is 16.8 Å². The van der Waals surface area contributed by atoms with E-state index in [-0.39, 0.29) is 0 Å². The Kier molecular flexibility index (Phi) is 3.16. The summed E-state index contributed by atoms with van der Waals surface area (Å²) >= 11 is 0. The molecule has 1 fully saturated rings. The molecule has 1 aromatic heterocycles. The molecule has 0 saturated carbocycles. The van der Waals surface area contributed by atoms with E-state index in [0.717, 1.165) is 19.5 Å². The second-order valence-corrected chi connectivity index (χ2v) is 4.03. The highest BCUT2D eigenvalue weighted by Gasteiger charge is 2.22. The number of carbonyl (C=O) groups is 1. The first kappa shape index (κ1) is 10.4. The van der Waals surface area contributed by atoms with Crippen LogP contribution in [0.5, 0.6) is 0 Å². The van der Waals surface area contributed by atoms with Crippen molar-refractivity contribution in [2.75, 3.05) is 19.6 Å². The predicted molar refractivity (Wildman–Crippen MR) is 55.8 cm³/mol. The van der Waals surface area contributed by atoms with Crippen LogP contribution in [0.15, 0.2) is 10.6 Å². The van der Waals surface area contributed by atoms with Crippen LogP contribution in [0.4, 0.5) is 0 Å². The fourth-order valence-electron chi connectivity index (χ4n) is 2.09. The zero-order valence-corrected chi connectivity index (χ0v) is 8.98. The number of hydrogen-bond donors (Lipinski definition) is 0. The maximum absolute atomic E-state index is 10.4. The molecule has 1 aliphatic rings. The Hall–Kier alpha value is -1.16. The van der Waals surface area contributed by atoms with Crippen LogP contribution in [-0.2, 0) is 6.42 Å². The smallest absolute Gasteiger partial charge is 0.195 e.